The van der Waals surface area contributed by atoms with Gasteiger partial charge in [0, 0.05) is 31.6 Å². The molecular formula is C21H22ClN5O2. The Morgan fingerprint density at radius 1 is 1.14 bits per heavy atom. The van der Waals surface area contributed by atoms with Crippen LogP contribution >= 0.6 is 11.6 Å². The van der Waals surface area contributed by atoms with Crippen molar-refractivity contribution < 1.29 is 9.59 Å². The van der Waals surface area contributed by atoms with Crippen LogP contribution in [0, 0.1) is 6.92 Å². The maximum Gasteiger partial charge on any atom is 0.275 e. The first-order valence-corrected chi connectivity index (χ1v) is 9.90. The summed E-state index contributed by atoms with van der Waals surface area (Å²) < 4.78 is 0. The van der Waals surface area contributed by atoms with Gasteiger partial charge in [0.05, 0.1) is 22.8 Å². The Kier molecular flexibility index (Phi) is 5.51. The molecule has 3 aromatic rings. The van der Waals surface area contributed by atoms with E-state index in [4.69, 9.17) is 11.6 Å². The molecule has 2 heterocycles. The Morgan fingerprint density at radius 2 is 1.90 bits per heavy atom. The summed E-state index contributed by atoms with van der Waals surface area (Å²) in [7, 11) is 0. The van der Waals surface area contributed by atoms with Crippen LogP contribution in [0.1, 0.15) is 16.1 Å². The van der Waals surface area contributed by atoms with Gasteiger partial charge in [0.15, 0.2) is 5.69 Å². The van der Waals surface area contributed by atoms with E-state index in [1.54, 1.807) is 17.0 Å². The molecule has 0 radical (unpaired) electrons. The van der Waals surface area contributed by atoms with Crippen molar-refractivity contribution in [2.75, 3.05) is 38.0 Å². The summed E-state index contributed by atoms with van der Waals surface area (Å²) in [6, 6.07) is 13.0. The molecule has 0 saturated carbocycles. The van der Waals surface area contributed by atoms with E-state index >= 15 is 0 Å². The number of halogens is 1. The monoisotopic (exact) mass is 411 g/mol. The highest BCUT2D eigenvalue weighted by molar-refractivity contribution is 6.33. The maximum absolute atomic E-state index is 12.9. The Balaban J connectivity index is 1.34. The number of H-pyrrole nitrogens is 1. The lowest BCUT2D eigenvalue weighted by Crippen LogP contribution is -2.50. The molecule has 7 nitrogen and oxygen atoms in total. The van der Waals surface area contributed by atoms with Gasteiger partial charge in [0.1, 0.15) is 0 Å². The van der Waals surface area contributed by atoms with Crippen LogP contribution < -0.4 is 5.32 Å². The Hall–Kier alpha value is -2.90. The number of nitrogens with zero attached hydrogens (tertiary/aromatic N) is 3. The number of hydrogen-bond acceptors (Lipinski definition) is 4. The van der Waals surface area contributed by atoms with Gasteiger partial charge in [-0.25, -0.2) is 0 Å². The van der Waals surface area contributed by atoms with Crippen LogP contribution in [0.5, 0.6) is 0 Å². The Bertz CT molecular complexity index is 1060. The Morgan fingerprint density at radius 3 is 2.66 bits per heavy atom. The topological polar surface area (TPSA) is 81.3 Å². The molecule has 1 aromatic heterocycles. The zero-order valence-electron chi connectivity index (χ0n) is 16.1. The van der Waals surface area contributed by atoms with Gasteiger partial charge >= 0.3 is 0 Å². The lowest BCUT2D eigenvalue weighted by molar-refractivity contribution is -0.117. The molecule has 4 rings (SSSR count). The third-order valence-electron chi connectivity index (χ3n) is 5.10. The van der Waals surface area contributed by atoms with Gasteiger partial charge in [-0.2, -0.15) is 5.10 Å². The van der Waals surface area contributed by atoms with Crippen molar-refractivity contribution in [2.24, 2.45) is 0 Å². The SMILES string of the molecule is Cc1ccc2[nH]nc(C(=O)N3CCN(CC(=O)Nc4ccccc4Cl)CC3)c2c1. The van der Waals surface area contributed by atoms with E-state index in [9.17, 15) is 9.59 Å². The van der Waals surface area contributed by atoms with Crippen LogP contribution in [-0.2, 0) is 4.79 Å². The number of rotatable bonds is 4. The van der Waals surface area contributed by atoms with Crippen molar-refractivity contribution in [2.45, 2.75) is 6.92 Å². The van der Waals surface area contributed by atoms with Crippen LogP contribution in [0.25, 0.3) is 10.9 Å². The Labute approximate surface area is 173 Å². The minimum atomic E-state index is -0.119. The largest absolute Gasteiger partial charge is 0.335 e. The van der Waals surface area contributed by atoms with Gasteiger partial charge in [0.25, 0.3) is 5.91 Å². The zero-order chi connectivity index (χ0) is 20.4. The van der Waals surface area contributed by atoms with Gasteiger partial charge < -0.3 is 10.2 Å². The van der Waals surface area contributed by atoms with Crippen LogP contribution in [0.15, 0.2) is 42.5 Å². The number of aryl methyl sites for hydroxylation is 1. The number of aromatic amines is 1. The molecule has 150 valence electrons. The molecule has 2 N–H and O–H groups in total. The van der Waals surface area contributed by atoms with Gasteiger partial charge in [-0.1, -0.05) is 35.4 Å². The van der Waals surface area contributed by atoms with Crippen molar-refractivity contribution in [1.29, 1.82) is 0 Å². The van der Waals surface area contributed by atoms with E-state index < -0.39 is 0 Å². The normalized spacial score (nSPS) is 14.9. The standard InChI is InChI=1S/C21H22ClN5O2/c1-14-6-7-17-15(12-14)20(25-24-17)21(29)27-10-8-26(9-11-27)13-19(28)23-18-5-3-2-4-16(18)22/h2-7,12H,8-11,13H2,1H3,(H,23,28)(H,24,25). The van der Waals surface area contributed by atoms with Crippen LogP contribution in [0.3, 0.4) is 0 Å². The minimum absolute atomic E-state index is 0.0815. The molecule has 0 unspecified atom stereocenters. The number of anilines is 1. The third kappa shape index (κ3) is 4.26. The number of carbonyl (C=O) groups is 2. The van der Waals surface area contributed by atoms with Crippen molar-refractivity contribution in [3.8, 4) is 0 Å². The summed E-state index contributed by atoms with van der Waals surface area (Å²) >= 11 is 6.08. The maximum atomic E-state index is 12.9. The van der Waals surface area contributed by atoms with Gasteiger partial charge in [-0.05, 0) is 31.2 Å². The summed E-state index contributed by atoms with van der Waals surface area (Å²) in [4.78, 5) is 29.1. The summed E-state index contributed by atoms with van der Waals surface area (Å²) in [5, 5.41) is 11.3. The fourth-order valence-electron chi connectivity index (χ4n) is 3.51. The van der Waals surface area contributed by atoms with E-state index in [-0.39, 0.29) is 18.4 Å². The van der Waals surface area contributed by atoms with Gasteiger partial charge in [0.2, 0.25) is 5.91 Å². The second kappa shape index (κ2) is 8.23. The summed E-state index contributed by atoms with van der Waals surface area (Å²) in [5.74, 6) is -0.200. The van der Waals surface area contributed by atoms with Gasteiger partial charge in [-0.3, -0.25) is 19.6 Å². The summed E-state index contributed by atoms with van der Waals surface area (Å²) in [6.45, 7) is 4.62. The predicted octanol–water partition coefficient (Wildman–Crippen LogP) is 2.92. The number of hydrogen-bond donors (Lipinski definition) is 2. The summed E-state index contributed by atoms with van der Waals surface area (Å²) in [6.07, 6.45) is 0. The van der Waals surface area contributed by atoms with Crippen molar-refractivity contribution in [1.82, 2.24) is 20.0 Å². The van der Waals surface area contributed by atoms with Gasteiger partial charge in [-0.15, -0.1) is 0 Å². The van der Waals surface area contributed by atoms with Crippen molar-refractivity contribution in [3.63, 3.8) is 0 Å². The van der Waals surface area contributed by atoms with E-state index in [0.29, 0.717) is 42.6 Å². The number of carbonyl (C=O) groups excluding carboxylic acids is 2. The van der Waals surface area contributed by atoms with Crippen molar-refractivity contribution >= 4 is 40.0 Å². The number of piperazine rings is 1. The molecule has 0 aliphatic carbocycles. The summed E-state index contributed by atoms with van der Waals surface area (Å²) in [5.41, 5.74) is 3.00. The molecule has 1 aliphatic heterocycles. The van der Waals surface area contributed by atoms with E-state index in [2.05, 4.69) is 15.5 Å². The fourth-order valence-corrected chi connectivity index (χ4v) is 3.69. The lowest BCUT2D eigenvalue weighted by Gasteiger charge is -2.34. The number of amides is 2. The lowest BCUT2D eigenvalue weighted by atomic mass is 10.1. The highest BCUT2D eigenvalue weighted by Crippen LogP contribution is 2.21. The van der Waals surface area contributed by atoms with Crippen LogP contribution in [0.4, 0.5) is 5.69 Å². The number of benzene rings is 2. The number of para-hydroxylation sites is 1. The molecule has 0 atom stereocenters. The first-order valence-electron chi connectivity index (χ1n) is 9.52. The predicted molar refractivity (Wildman–Crippen MR) is 113 cm³/mol. The van der Waals surface area contributed by atoms with Crippen LogP contribution in [-0.4, -0.2) is 64.5 Å². The molecule has 2 amide bonds. The van der Waals surface area contributed by atoms with Crippen molar-refractivity contribution in [3.05, 3.63) is 58.7 Å². The van der Waals surface area contributed by atoms with E-state index in [1.165, 1.54) is 0 Å². The fraction of sp³-hybridized carbons (Fsp3) is 0.286. The minimum Gasteiger partial charge on any atom is -0.335 e. The molecule has 1 fully saturated rings. The second-order valence-corrected chi connectivity index (χ2v) is 7.62. The smallest absolute Gasteiger partial charge is 0.275 e. The average molecular weight is 412 g/mol. The molecular weight excluding hydrogens is 390 g/mol. The average Bonchev–Trinajstić information content (AvgIpc) is 3.13. The zero-order valence-corrected chi connectivity index (χ0v) is 16.9. The number of aromatic nitrogens is 2. The first kappa shape index (κ1) is 19.4. The molecule has 1 aliphatic rings. The highest BCUT2D eigenvalue weighted by Gasteiger charge is 2.26. The van der Waals surface area contributed by atoms with E-state index in [0.717, 1.165) is 16.5 Å². The number of nitrogens with one attached hydrogen (secondary N) is 2. The van der Waals surface area contributed by atoms with Crippen LogP contribution in [0.2, 0.25) is 5.02 Å². The third-order valence-corrected chi connectivity index (χ3v) is 5.43. The highest BCUT2D eigenvalue weighted by atomic mass is 35.5. The quantitative estimate of drug-likeness (QED) is 0.691. The molecule has 1 saturated heterocycles. The molecule has 0 bridgehead atoms. The molecule has 8 heteroatoms. The molecule has 2 aromatic carbocycles. The molecule has 0 spiro atoms. The second-order valence-electron chi connectivity index (χ2n) is 7.22. The molecule has 29 heavy (non-hydrogen) atoms. The first-order chi connectivity index (χ1) is 14.0. The number of fused-ring (bicyclic) bond motifs is 1. The van der Waals surface area contributed by atoms with E-state index in [1.807, 2.05) is 42.2 Å².